The van der Waals surface area contributed by atoms with Crippen LogP contribution >= 0.6 is 0 Å². The Bertz CT molecular complexity index is 698. The lowest BCUT2D eigenvalue weighted by Gasteiger charge is -2.10. The average molecular weight is 366 g/mol. The van der Waals surface area contributed by atoms with Crippen LogP contribution in [0.4, 0.5) is 23.7 Å². The van der Waals surface area contributed by atoms with Gasteiger partial charge < -0.3 is 15.4 Å². The smallest absolute Gasteiger partial charge is 0.416 e. The quantitative estimate of drug-likeness (QED) is 0.661. The zero-order valence-corrected chi connectivity index (χ0v) is 14.4. The summed E-state index contributed by atoms with van der Waals surface area (Å²) in [6.07, 6.45) is -2.33. The molecule has 7 heteroatoms. The van der Waals surface area contributed by atoms with Crippen molar-refractivity contribution in [2.75, 3.05) is 11.9 Å². The van der Waals surface area contributed by atoms with Gasteiger partial charge in [0.2, 0.25) is 0 Å². The van der Waals surface area contributed by atoms with E-state index in [0.29, 0.717) is 17.9 Å². The molecule has 2 aromatic carbocycles. The Balaban J connectivity index is 1.79. The van der Waals surface area contributed by atoms with Crippen LogP contribution in [0.25, 0.3) is 0 Å². The molecule has 0 spiro atoms. The van der Waals surface area contributed by atoms with Gasteiger partial charge in [0.05, 0.1) is 12.2 Å². The number of hydrogen-bond donors (Lipinski definition) is 2. The summed E-state index contributed by atoms with van der Waals surface area (Å²) in [7, 11) is 0. The van der Waals surface area contributed by atoms with Crippen molar-refractivity contribution in [2.45, 2.75) is 32.5 Å². The van der Waals surface area contributed by atoms with Crippen LogP contribution in [0.3, 0.4) is 0 Å². The molecule has 4 nitrogen and oxygen atoms in total. The van der Waals surface area contributed by atoms with E-state index < -0.39 is 17.8 Å². The summed E-state index contributed by atoms with van der Waals surface area (Å²) in [5, 5.41) is 5.26. The summed E-state index contributed by atoms with van der Waals surface area (Å²) in [6, 6.07) is 11.2. The van der Waals surface area contributed by atoms with Crippen LogP contribution in [0.1, 0.15) is 30.9 Å². The van der Waals surface area contributed by atoms with Crippen LogP contribution in [0.2, 0.25) is 0 Å². The third-order valence-corrected chi connectivity index (χ3v) is 3.61. The van der Waals surface area contributed by atoms with E-state index >= 15 is 0 Å². The Morgan fingerprint density at radius 2 is 1.69 bits per heavy atom. The van der Waals surface area contributed by atoms with E-state index in [1.54, 1.807) is 24.3 Å². The molecule has 0 aliphatic heterocycles. The van der Waals surface area contributed by atoms with Crippen molar-refractivity contribution in [3.63, 3.8) is 0 Å². The van der Waals surface area contributed by atoms with Gasteiger partial charge in [0.1, 0.15) is 5.75 Å². The maximum absolute atomic E-state index is 12.5. The SMILES string of the molecule is CCCCOc1ccc(NC(=O)NCc2ccc(C(F)(F)F)cc2)cc1. The molecular formula is C19H21F3N2O2. The fraction of sp³-hybridized carbons (Fsp3) is 0.316. The molecule has 0 aliphatic carbocycles. The van der Waals surface area contributed by atoms with E-state index in [0.717, 1.165) is 30.7 Å². The average Bonchev–Trinajstić information content (AvgIpc) is 2.61. The van der Waals surface area contributed by atoms with Gasteiger partial charge in [0.15, 0.2) is 0 Å². The van der Waals surface area contributed by atoms with E-state index in [1.807, 2.05) is 0 Å². The van der Waals surface area contributed by atoms with Gasteiger partial charge in [-0.25, -0.2) is 4.79 Å². The number of amides is 2. The summed E-state index contributed by atoms with van der Waals surface area (Å²) in [5.74, 6) is 0.731. The largest absolute Gasteiger partial charge is 0.494 e. The molecule has 2 N–H and O–H groups in total. The Morgan fingerprint density at radius 3 is 2.27 bits per heavy atom. The lowest BCUT2D eigenvalue weighted by Crippen LogP contribution is -2.28. The van der Waals surface area contributed by atoms with Gasteiger partial charge in [0.25, 0.3) is 0 Å². The summed E-state index contributed by atoms with van der Waals surface area (Å²) >= 11 is 0. The van der Waals surface area contributed by atoms with Gasteiger partial charge in [0, 0.05) is 12.2 Å². The number of anilines is 1. The second-order valence-corrected chi connectivity index (χ2v) is 5.73. The standard InChI is InChI=1S/C19H21F3N2O2/c1-2-3-12-26-17-10-8-16(9-11-17)24-18(25)23-13-14-4-6-15(7-5-14)19(20,21)22/h4-11H,2-3,12-13H2,1H3,(H2,23,24,25). The molecule has 0 unspecified atom stereocenters. The van der Waals surface area contributed by atoms with Gasteiger partial charge in [-0.05, 0) is 48.4 Å². The van der Waals surface area contributed by atoms with Crippen LogP contribution in [-0.2, 0) is 12.7 Å². The lowest BCUT2D eigenvalue weighted by atomic mass is 10.1. The molecule has 0 radical (unpaired) electrons. The summed E-state index contributed by atoms with van der Waals surface area (Å²) in [5.41, 5.74) is 0.456. The van der Waals surface area contributed by atoms with Gasteiger partial charge in [-0.1, -0.05) is 25.5 Å². The van der Waals surface area contributed by atoms with Crippen molar-refractivity contribution in [2.24, 2.45) is 0 Å². The number of ether oxygens (including phenoxy) is 1. The monoisotopic (exact) mass is 366 g/mol. The molecule has 0 fully saturated rings. The van der Waals surface area contributed by atoms with E-state index in [9.17, 15) is 18.0 Å². The molecule has 140 valence electrons. The summed E-state index contributed by atoms with van der Waals surface area (Å²) in [4.78, 5) is 11.9. The fourth-order valence-corrected chi connectivity index (χ4v) is 2.14. The Hall–Kier alpha value is -2.70. The molecule has 0 aromatic heterocycles. The highest BCUT2D eigenvalue weighted by molar-refractivity contribution is 5.89. The number of unbranched alkanes of at least 4 members (excludes halogenated alkanes) is 1. The highest BCUT2D eigenvalue weighted by atomic mass is 19.4. The first-order valence-electron chi connectivity index (χ1n) is 8.32. The fourth-order valence-electron chi connectivity index (χ4n) is 2.14. The predicted molar refractivity (Wildman–Crippen MR) is 94.1 cm³/mol. The number of urea groups is 1. The van der Waals surface area contributed by atoms with Crippen molar-refractivity contribution < 1.29 is 22.7 Å². The zero-order valence-electron chi connectivity index (χ0n) is 14.4. The first kappa shape index (κ1) is 19.6. The topological polar surface area (TPSA) is 50.4 Å². The van der Waals surface area contributed by atoms with E-state index in [1.165, 1.54) is 12.1 Å². The summed E-state index contributed by atoms with van der Waals surface area (Å²) in [6.45, 7) is 2.86. The number of rotatable bonds is 7. The van der Waals surface area contributed by atoms with Gasteiger partial charge in [-0.3, -0.25) is 0 Å². The second kappa shape index (κ2) is 9.12. The minimum Gasteiger partial charge on any atom is -0.494 e. The molecule has 26 heavy (non-hydrogen) atoms. The number of hydrogen-bond acceptors (Lipinski definition) is 2. The zero-order chi connectivity index (χ0) is 19.0. The van der Waals surface area contributed by atoms with Crippen LogP contribution in [-0.4, -0.2) is 12.6 Å². The molecule has 0 bridgehead atoms. The first-order chi connectivity index (χ1) is 12.4. The number of carbonyl (C=O) groups is 1. The van der Waals surface area contributed by atoms with Crippen molar-refractivity contribution in [1.29, 1.82) is 0 Å². The molecule has 2 amide bonds. The Kier molecular flexibility index (Phi) is 6.89. The number of alkyl halides is 3. The molecule has 0 aliphatic rings. The molecule has 0 saturated carbocycles. The molecule has 2 rings (SSSR count). The minimum absolute atomic E-state index is 0.127. The third kappa shape index (κ3) is 6.31. The molecular weight excluding hydrogens is 345 g/mol. The first-order valence-corrected chi connectivity index (χ1v) is 8.32. The van der Waals surface area contributed by atoms with Crippen molar-refractivity contribution in [1.82, 2.24) is 5.32 Å². The van der Waals surface area contributed by atoms with Gasteiger partial charge in [-0.15, -0.1) is 0 Å². The van der Waals surface area contributed by atoms with Crippen molar-refractivity contribution in [3.8, 4) is 5.75 Å². The second-order valence-electron chi connectivity index (χ2n) is 5.73. The number of halogens is 3. The van der Waals surface area contributed by atoms with E-state index in [-0.39, 0.29) is 6.54 Å². The van der Waals surface area contributed by atoms with Crippen LogP contribution < -0.4 is 15.4 Å². The maximum atomic E-state index is 12.5. The molecule has 0 atom stereocenters. The highest BCUT2D eigenvalue weighted by Crippen LogP contribution is 2.29. The Labute approximate surface area is 150 Å². The summed E-state index contributed by atoms with van der Waals surface area (Å²) < 4.78 is 43.0. The maximum Gasteiger partial charge on any atom is 0.416 e. The predicted octanol–water partition coefficient (Wildman–Crippen LogP) is 5.21. The van der Waals surface area contributed by atoms with Crippen LogP contribution in [0, 0.1) is 0 Å². The van der Waals surface area contributed by atoms with Gasteiger partial charge in [-0.2, -0.15) is 13.2 Å². The van der Waals surface area contributed by atoms with Crippen LogP contribution in [0.15, 0.2) is 48.5 Å². The molecule has 2 aromatic rings. The van der Waals surface area contributed by atoms with E-state index in [4.69, 9.17) is 4.74 Å². The molecule has 0 heterocycles. The minimum atomic E-state index is -4.37. The number of nitrogens with one attached hydrogen (secondary N) is 2. The van der Waals surface area contributed by atoms with Crippen molar-refractivity contribution >= 4 is 11.7 Å². The van der Waals surface area contributed by atoms with Crippen molar-refractivity contribution in [3.05, 3.63) is 59.7 Å². The van der Waals surface area contributed by atoms with E-state index in [2.05, 4.69) is 17.6 Å². The normalized spacial score (nSPS) is 11.1. The number of benzene rings is 2. The number of carbonyl (C=O) groups excluding carboxylic acids is 1. The highest BCUT2D eigenvalue weighted by Gasteiger charge is 2.29. The van der Waals surface area contributed by atoms with Crippen LogP contribution in [0.5, 0.6) is 5.75 Å². The van der Waals surface area contributed by atoms with Gasteiger partial charge >= 0.3 is 12.2 Å². The molecule has 0 saturated heterocycles. The Morgan fingerprint density at radius 1 is 1.04 bits per heavy atom. The lowest BCUT2D eigenvalue weighted by molar-refractivity contribution is -0.137. The third-order valence-electron chi connectivity index (χ3n) is 3.61.